The maximum atomic E-state index is 13.7. The lowest BCUT2D eigenvalue weighted by atomic mass is 9.91. The zero-order valence-electron chi connectivity index (χ0n) is 45.1. The number of aliphatic hydroxyl groups excluding tert-OH is 1. The molecule has 75 heavy (non-hydrogen) atoms. The van der Waals surface area contributed by atoms with Gasteiger partial charge in [0, 0.05) is 59.3 Å². The summed E-state index contributed by atoms with van der Waals surface area (Å²) in [7, 11) is 3.37. The highest BCUT2D eigenvalue weighted by atomic mass is 79.9. The number of aryl methyl sites for hydroxylation is 2. The van der Waals surface area contributed by atoms with Crippen LogP contribution in [0.1, 0.15) is 83.1 Å². The number of methoxy groups -OCH3 is 2. The first-order chi connectivity index (χ1) is 35.7. The molecule has 6 aromatic carbocycles. The molecule has 9 rings (SSSR count). The number of carbonyl (C=O) groups excluding carboxylic acids is 2. The fraction of sp³-hybridized carbons (Fsp3) is 0.312. The third-order valence-electron chi connectivity index (χ3n) is 13.5. The van der Waals surface area contributed by atoms with E-state index < -0.39 is 0 Å². The number of halogens is 1. The van der Waals surface area contributed by atoms with Gasteiger partial charge in [-0.05, 0) is 159 Å². The minimum atomic E-state index is -0.283. The highest BCUT2D eigenvalue weighted by Gasteiger charge is 2.27. The number of anilines is 3. The summed E-state index contributed by atoms with van der Waals surface area (Å²) < 4.78 is 11.8. The van der Waals surface area contributed by atoms with Gasteiger partial charge in [-0.15, -0.1) is 0 Å². The maximum Gasteiger partial charge on any atom is 0.229 e. The van der Waals surface area contributed by atoms with Gasteiger partial charge in [-0.25, -0.2) is 9.97 Å². The van der Waals surface area contributed by atoms with Gasteiger partial charge in [0.05, 0.1) is 33.4 Å². The summed E-state index contributed by atoms with van der Waals surface area (Å²) in [6, 6.07) is 45.5. The quantitative estimate of drug-likeness (QED) is 0.122. The van der Waals surface area contributed by atoms with Gasteiger partial charge in [-0.3, -0.25) is 19.4 Å². The van der Waals surface area contributed by atoms with Crippen LogP contribution >= 0.6 is 15.9 Å². The van der Waals surface area contributed by atoms with Crippen LogP contribution in [-0.4, -0.2) is 60.3 Å². The topological polar surface area (TPSA) is 108 Å². The van der Waals surface area contributed by atoms with Crippen LogP contribution in [0.25, 0.3) is 43.8 Å². The first-order valence-corrected chi connectivity index (χ1v) is 26.5. The Kier molecular flexibility index (Phi) is 16.8. The zero-order chi connectivity index (χ0) is 53.6. The zero-order valence-corrected chi connectivity index (χ0v) is 46.7. The van der Waals surface area contributed by atoms with Crippen LogP contribution in [0.15, 0.2) is 150 Å². The molecule has 1 unspecified atom stereocenters. The average Bonchev–Trinajstić information content (AvgIpc) is 3.82. The van der Waals surface area contributed by atoms with Crippen molar-refractivity contribution in [3.05, 3.63) is 173 Å². The number of carbonyl (C=O) groups is 2. The Labute approximate surface area is 451 Å². The summed E-state index contributed by atoms with van der Waals surface area (Å²) in [6.45, 7) is 19.0. The second kappa shape index (κ2) is 23.2. The predicted octanol–water partition coefficient (Wildman–Crippen LogP) is 14.7. The molecule has 8 aromatic rings. The van der Waals surface area contributed by atoms with Crippen LogP contribution in [0.4, 0.5) is 17.3 Å². The molecular weight excluding hydrogens is 999 g/mol. The fourth-order valence-electron chi connectivity index (χ4n) is 9.63. The molecule has 1 atom stereocenters. The predicted molar refractivity (Wildman–Crippen MR) is 311 cm³/mol. The third kappa shape index (κ3) is 13.6. The summed E-state index contributed by atoms with van der Waals surface area (Å²) in [5.41, 5.74) is 9.59. The molecule has 2 amide bonds. The van der Waals surface area contributed by atoms with Gasteiger partial charge < -0.3 is 19.5 Å². The van der Waals surface area contributed by atoms with Gasteiger partial charge in [0.1, 0.15) is 23.1 Å². The SMILES string of the molecule is COc1ccc(-c2ccc(CN(C(=O)CC(C)(C)C)c3nccc4cc(Br)ccc34)cc2)cc1C.COc1ccc(-c2ccc(CN(C(=O)CC(C)(C)C)c3nccc4cc(N5CCC(O)C5)ccc34)cc2)cc1C. The fourth-order valence-corrected chi connectivity index (χ4v) is 10.0. The first-order valence-electron chi connectivity index (χ1n) is 25.7. The lowest BCUT2D eigenvalue weighted by molar-refractivity contribution is -0.121. The van der Waals surface area contributed by atoms with E-state index in [0.29, 0.717) is 44.1 Å². The van der Waals surface area contributed by atoms with E-state index in [1.165, 1.54) is 0 Å². The van der Waals surface area contributed by atoms with Crippen molar-refractivity contribution in [2.24, 2.45) is 10.8 Å². The maximum absolute atomic E-state index is 13.7. The normalized spacial score (nSPS) is 13.6. The van der Waals surface area contributed by atoms with Crippen molar-refractivity contribution < 1.29 is 24.2 Å². The van der Waals surface area contributed by atoms with Crippen LogP contribution < -0.4 is 24.2 Å². The second-order valence-corrected chi connectivity index (χ2v) is 23.0. The Morgan fingerprint density at radius 1 is 0.600 bits per heavy atom. The number of nitrogens with zero attached hydrogens (tertiary/aromatic N) is 5. The number of pyridine rings is 2. The van der Waals surface area contributed by atoms with Crippen LogP contribution in [0.3, 0.4) is 0 Å². The van der Waals surface area contributed by atoms with Gasteiger partial charge in [-0.2, -0.15) is 0 Å². The molecule has 1 saturated heterocycles. The Morgan fingerprint density at radius 3 is 1.45 bits per heavy atom. The van der Waals surface area contributed by atoms with Gasteiger partial charge in [0.25, 0.3) is 0 Å². The summed E-state index contributed by atoms with van der Waals surface area (Å²) >= 11 is 3.55. The van der Waals surface area contributed by atoms with Crippen LogP contribution in [0.2, 0.25) is 0 Å². The van der Waals surface area contributed by atoms with Gasteiger partial charge in [-0.1, -0.05) is 118 Å². The first kappa shape index (κ1) is 54.2. The summed E-state index contributed by atoms with van der Waals surface area (Å²) in [6.07, 6.45) is 4.91. The van der Waals surface area contributed by atoms with E-state index >= 15 is 0 Å². The van der Waals surface area contributed by atoms with E-state index in [9.17, 15) is 14.7 Å². The van der Waals surface area contributed by atoms with Crippen LogP contribution in [0, 0.1) is 24.7 Å². The molecule has 388 valence electrons. The number of rotatable bonds is 13. The molecule has 1 N–H and O–H groups in total. The van der Waals surface area contributed by atoms with E-state index in [4.69, 9.17) is 14.5 Å². The van der Waals surface area contributed by atoms with Crippen molar-refractivity contribution in [3.63, 3.8) is 0 Å². The minimum Gasteiger partial charge on any atom is -0.496 e. The number of aliphatic hydroxyl groups is 1. The molecule has 0 aliphatic carbocycles. The van der Waals surface area contributed by atoms with Gasteiger partial charge in [0.15, 0.2) is 0 Å². The Hall–Kier alpha value is -7.08. The third-order valence-corrected chi connectivity index (χ3v) is 14.0. The Bertz CT molecular complexity index is 3310. The molecule has 0 radical (unpaired) electrons. The summed E-state index contributed by atoms with van der Waals surface area (Å²) in [5, 5.41) is 14.0. The largest absolute Gasteiger partial charge is 0.496 e. The number of β-amino-alcohol motifs (C(OH)–C–C–N with tert-alkyl or cyclic N) is 1. The van der Waals surface area contributed by atoms with Crippen LogP contribution in [0.5, 0.6) is 11.5 Å². The van der Waals surface area contributed by atoms with E-state index in [1.54, 1.807) is 26.6 Å². The van der Waals surface area contributed by atoms with Crippen molar-refractivity contribution in [2.75, 3.05) is 42.0 Å². The smallest absolute Gasteiger partial charge is 0.229 e. The monoisotopic (exact) mass is 1070 g/mol. The van der Waals surface area contributed by atoms with E-state index in [2.05, 4.69) is 164 Å². The van der Waals surface area contributed by atoms with Crippen molar-refractivity contribution in [1.82, 2.24) is 9.97 Å². The number of amides is 2. The van der Waals surface area contributed by atoms with Crippen LogP contribution in [-0.2, 0) is 22.7 Å². The van der Waals surface area contributed by atoms with Crippen molar-refractivity contribution >= 4 is 66.6 Å². The average molecular weight is 1070 g/mol. The molecule has 2 aromatic heterocycles. The lowest BCUT2D eigenvalue weighted by Gasteiger charge is -2.27. The number of hydrogen-bond donors (Lipinski definition) is 1. The van der Waals surface area contributed by atoms with Crippen molar-refractivity contribution in [1.29, 1.82) is 0 Å². The number of benzene rings is 6. The lowest BCUT2D eigenvalue weighted by Crippen LogP contribution is -2.34. The second-order valence-electron chi connectivity index (χ2n) is 22.1. The Balaban J connectivity index is 0.000000201. The number of hydrogen-bond acceptors (Lipinski definition) is 8. The number of ether oxygens (including phenoxy) is 2. The standard InChI is InChI=1S/C34H39N3O3.C30H31BrN2O2/c1-23-18-26(10-13-31(23)40-5)25-8-6-24(7-9-25)21-37(32(39)20-34(2,3)4)33-30-12-11-28(19-27(30)14-16-35-33)36-17-15-29(38)22-36;1-20-16-23(10-13-27(20)35-5)22-8-6-21(7-9-22)19-33(28(34)18-30(2,3)4)29-26-12-11-25(31)17-24(26)14-15-32-29/h6-14,16,18-19,29,38H,15,17,20-22H2,1-5H3;6-17H,18-19H2,1-5H3. The molecule has 1 aliphatic heterocycles. The molecule has 10 nitrogen and oxygen atoms in total. The van der Waals surface area contributed by atoms with Crippen molar-refractivity contribution in [3.8, 4) is 33.8 Å². The molecule has 0 saturated carbocycles. The Morgan fingerprint density at radius 2 is 1.04 bits per heavy atom. The summed E-state index contributed by atoms with van der Waals surface area (Å²) in [5.74, 6) is 3.24. The number of fused-ring (bicyclic) bond motifs is 2. The molecule has 11 heteroatoms. The van der Waals surface area contributed by atoms with Crippen molar-refractivity contribution in [2.45, 2.75) is 93.8 Å². The highest BCUT2D eigenvalue weighted by molar-refractivity contribution is 9.10. The van der Waals surface area contributed by atoms with E-state index in [1.807, 2.05) is 60.0 Å². The highest BCUT2D eigenvalue weighted by Crippen LogP contribution is 2.35. The molecule has 1 fully saturated rings. The minimum absolute atomic E-state index is 0.0501. The summed E-state index contributed by atoms with van der Waals surface area (Å²) in [4.78, 5) is 42.5. The van der Waals surface area contributed by atoms with Gasteiger partial charge in [0.2, 0.25) is 11.8 Å². The molecule has 0 bridgehead atoms. The number of aromatic nitrogens is 2. The molecule has 0 spiro atoms. The van der Waals surface area contributed by atoms with E-state index in [0.717, 1.165) is 101 Å². The molecular formula is C64H70BrN5O5. The van der Waals surface area contributed by atoms with Gasteiger partial charge >= 0.3 is 0 Å². The van der Waals surface area contributed by atoms with E-state index in [-0.39, 0.29) is 28.7 Å². The molecule has 1 aliphatic rings. The molecule has 3 heterocycles.